The molecule has 0 bridgehead atoms. The Labute approximate surface area is 94.0 Å². The minimum absolute atomic E-state index is 0.194. The Morgan fingerprint density at radius 3 is 2.88 bits per heavy atom. The maximum Gasteiger partial charge on any atom is 0.256 e. The highest BCUT2D eigenvalue weighted by Gasteiger charge is 2.05. The topological polar surface area (TPSA) is 55.7 Å². The number of rotatable bonds is 5. The van der Waals surface area contributed by atoms with Crippen LogP contribution in [0.15, 0.2) is 29.3 Å². The van der Waals surface area contributed by atoms with E-state index in [0.717, 1.165) is 11.3 Å². The van der Waals surface area contributed by atoms with Crippen LogP contribution in [0.1, 0.15) is 18.9 Å². The van der Waals surface area contributed by atoms with Crippen molar-refractivity contribution >= 4 is 12.0 Å². The molecule has 0 saturated carbocycles. The molecule has 0 fully saturated rings. The van der Waals surface area contributed by atoms with Crippen molar-refractivity contribution in [3.8, 4) is 5.75 Å². The second kappa shape index (κ2) is 6.53. The first kappa shape index (κ1) is 12.1. The van der Waals surface area contributed by atoms with Gasteiger partial charge >= 0.3 is 0 Å². The molecule has 0 aromatic heterocycles. The average Bonchev–Trinajstić information content (AvgIpc) is 2.29. The van der Waals surface area contributed by atoms with Crippen LogP contribution in [-0.2, 0) is 16.0 Å². The summed E-state index contributed by atoms with van der Waals surface area (Å²) in [6, 6.07) is 7.50. The van der Waals surface area contributed by atoms with Crippen LogP contribution in [0, 0.1) is 0 Å². The first-order chi connectivity index (χ1) is 7.77. The maximum absolute atomic E-state index is 11.0. The number of aliphatic imine (C=N–C) groups is 1. The van der Waals surface area contributed by atoms with E-state index in [-0.39, 0.29) is 6.42 Å². The van der Waals surface area contributed by atoms with E-state index in [2.05, 4.69) is 4.99 Å². The van der Waals surface area contributed by atoms with Gasteiger partial charge in [-0.25, -0.2) is 4.79 Å². The van der Waals surface area contributed by atoms with Gasteiger partial charge in [0.05, 0.1) is 6.61 Å². The molecule has 16 heavy (non-hydrogen) atoms. The SMILES string of the molecule is CCOc1ccccc1CCC(=O)N=C=O. The lowest BCUT2D eigenvalue weighted by molar-refractivity contribution is -0.117. The molecule has 1 amide bonds. The summed E-state index contributed by atoms with van der Waals surface area (Å²) in [4.78, 5) is 23.9. The van der Waals surface area contributed by atoms with E-state index >= 15 is 0 Å². The van der Waals surface area contributed by atoms with Gasteiger partial charge in [0.25, 0.3) is 5.91 Å². The number of ether oxygens (including phenoxy) is 1. The second-order valence-corrected chi connectivity index (χ2v) is 3.14. The Balaban J connectivity index is 2.65. The zero-order valence-corrected chi connectivity index (χ0v) is 9.10. The van der Waals surface area contributed by atoms with Gasteiger partial charge in [0.1, 0.15) is 5.75 Å². The number of aryl methyl sites for hydroxylation is 1. The summed E-state index contributed by atoms with van der Waals surface area (Å²) in [5.41, 5.74) is 0.943. The monoisotopic (exact) mass is 219 g/mol. The second-order valence-electron chi connectivity index (χ2n) is 3.14. The number of hydrogen-bond donors (Lipinski definition) is 0. The Kier molecular flexibility index (Phi) is 4.96. The zero-order chi connectivity index (χ0) is 11.8. The van der Waals surface area contributed by atoms with Gasteiger partial charge in [-0.05, 0) is 25.0 Å². The third-order valence-electron chi connectivity index (χ3n) is 2.05. The summed E-state index contributed by atoms with van der Waals surface area (Å²) in [6.45, 7) is 2.48. The molecular weight excluding hydrogens is 206 g/mol. The van der Waals surface area contributed by atoms with Gasteiger partial charge in [-0.15, -0.1) is 4.99 Å². The number of hydrogen-bond acceptors (Lipinski definition) is 3. The van der Waals surface area contributed by atoms with Crippen LogP contribution in [0.3, 0.4) is 0 Å². The van der Waals surface area contributed by atoms with E-state index in [9.17, 15) is 9.59 Å². The molecule has 0 unspecified atom stereocenters. The van der Waals surface area contributed by atoms with E-state index in [1.807, 2.05) is 31.2 Å². The number of amides is 1. The van der Waals surface area contributed by atoms with Crippen LogP contribution in [-0.4, -0.2) is 18.6 Å². The number of nitrogens with zero attached hydrogens (tertiary/aromatic N) is 1. The van der Waals surface area contributed by atoms with Crippen LogP contribution in [0.2, 0.25) is 0 Å². The Hall–Kier alpha value is -1.93. The van der Waals surface area contributed by atoms with Crippen molar-refractivity contribution in [1.82, 2.24) is 0 Å². The highest BCUT2D eigenvalue weighted by atomic mass is 16.5. The van der Waals surface area contributed by atoms with Gasteiger partial charge in [0.15, 0.2) is 0 Å². The first-order valence-electron chi connectivity index (χ1n) is 5.09. The summed E-state index contributed by atoms with van der Waals surface area (Å²) in [7, 11) is 0. The fourth-order valence-electron chi connectivity index (χ4n) is 1.36. The fraction of sp³-hybridized carbons (Fsp3) is 0.333. The number of carbonyl (C=O) groups is 1. The smallest absolute Gasteiger partial charge is 0.256 e. The Bertz CT molecular complexity index is 408. The minimum atomic E-state index is -0.457. The molecule has 0 radical (unpaired) electrons. The van der Waals surface area contributed by atoms with Crippen LogP contribution >= 0.6 is 0 Å². The third kappa shape index (κ3) is 3.67. The molecule has 0 aliphatic heterocycles. The van der Waals surface area contributed by atoms with Crippen LogP contribution in [0.25, 0.3) is 0 Å². The predicted molar refractivity (Wildman–Crippen MR) is 59.1 cm³/mol. The molecule has 0 spiro atoms. The molecule has 4 heteroatoms. The standard InChI is InChI=1S/C12H13NO3/c1-2-16-11-6-4-3-5-10(11)7-8-12(15)13-9-14/h3-6H,2,7-8H2,1H3. The zero-order valence-electron chi connectivity index (χ0n) is 9.10. The maximum atomic E-state index is 11.0. The third-order valence-corrected chi connectivity index (χ3v) is 2.05. The molecule has 0 atom stereocenters. The molecular formula is C12H13NO3. The van der Waals surface area contributed by atoms with Crippen molar-refractivity contribution < 1.29 is 14.3 Å². The number of benzene rings is 1. The lowest BCUT2D eigenvalue weighted by atomic mass is 10.1. The number of isocyanates is 1. The van der Waals surface area contributed by atoms with Crippen molar-refractivity contribution in [3.05, 3.63) is 29.8 Å². The van der Waals surface area contributed by atoms with E-state index in [4.69, 9.17) is 4.74 Å². The first-order valence-corrected chi connectivity index (χ1v) is 5.09. The largest absolute Gasteiger partial charge is 0.494 e. The fourth-order valence-corrected chi connectivity index (χ4v) is 1.36. The molecule has 1 aromatic rings. The van der Waals surface area contributed by atoms with E-state index in [1.165, 1.54) is 6.08 Å². The van der Waals surface area contributed by atoms with Gasteiger partial charge in [-0.3, -0.25) is 4.79 Å². The van der Waals surface area contributed by atoms with Crippen molar-refractivity contribution in [2.24, 2.45) is 4.99 Å². The molecule has 0 heterocycles. The summed E-state index contributed by atoms with van der Waals surface area (Å²) in [6.07, 6.45) is 1.95. The molecule has 84 valence electrons. The number of para-hydroxylation sites is 1. The average molecular weight is 219 g/mol. The minimum Gasteiger partial charge on any atom is -0.494 e. The van der Waals surface area contributed by atoms with Gasteiger partial charge in [0, 0.05) is 6.42 Å². The van der Waals surface area contributed by atoms with Gasteiger partial charge in [-0.1, -0.05) is 18.2 Å². The van der Waals surface area contributed by atoms with E-state index < -0.39 is 5.91 Å². The van der Waals surface area contributed by atoms with Gasteiger partial charge in [0.2, 0.25) is 6.08 Å². The summed E-state index contributed by atoms with van der Waals surface area (Å²) in [5, 5.41) is 0. The van der Waals surface area contributed by atoms with E-state index in [1.54, 1.807) is 0 Å². The highest BCUT2D eigenvalue weighted by molar-refractivity contribution is 5.81. The lowest BCUT2D eigenvalue weighted by Gasteiger charge is -2.08. The summed E-state index contributed by atoms with van der Waals surface area (Å²) >= 11 is 0. The molecule has 0 aliphatic carbocycles. The van der Waals surface area contributed by atoms with Crippen molar-refractivity contribution in [2.75, 3.05) is 6.61 Å². The molecule has 4 nitrogen and oxygen atoms in total. The van der Waals surface area contributed by atoms with Crippen molar-refractivity contribution in [2.45, 2.75) is 19.8 Å². The van der Waals surface area contributed by atoms with Crippen LogP contribution in [0.4, 0.5) is 0 Å². The number of carbonyl (C=O) groups excluding carboxylic acids is 2. The molecule has 1 rings (SSSR count). The van der Waals surface area contributed by atoms with Crippen LogP contribution < -0.4 is 4.74 Å². The van der Waals surface area contributed by atoms with E-state index in [0.29, 0.717) is 13.0 Å². The highest BCUT2D eigenvalue weighted by Crippen LogP contribution is 2.19. The quantitative estimate of drug-likeness (QED) is 0.561. The van der Waals surface area contributed by atoms with Gasteiger partial charge < -0.3 is 4.74 Å². The molecule has 0 N–H and O–H groups in total. The molecule has 1 aromatic carbocycles. The summed E-state index contributed by atoms with van der Waals surface area (Å²) in [5.74, 6) is 0.314. The molecule has 0 aliphatic rings. The van der Waals surface area contributed by atoms with Crippen molar-refractivity contribution in [1.29, 1.82) is 0 Å². The molecule has 0 saturated heterocycles. The Morgan fingerprint density at radius 2 is 2.19 bits per heavy atom. The lowest BCUT2D eigenvalue weighted by Crippen LogP contribution is -2.00. The van der Waals surface area contributed by atoms with Crippen molar-refractivity contribution in [3.63, 3.8) is 0 Å². The predicted octanol–water partition coefficient (Wildman–Crippen LogP) is 1.88. The normalized spacial score (nSPS) is 9.31. The Morgan fingerprint density at radius 1 is 1.44 bits per heavy atom. The van der Waals surface area contributed by atoms with Crippen LogP contribution in [0.5, 0.6) is 5.75 Å². The summed E-state index contributed by atoms with van der Waals surface area (Å²) < 4.78 is 5.41. The van der Waals surface area contributed by atoms with Gasteiger partial charge in [-0.2, -0.15) is 0 Å².